The van der Waals surface area contributed by atoms with Crippen LogP contribution in [0.4, 0.5) is 0 Å². The minimum Gasteiger partial charge on any atom is -0.359 e. The van der Waals surface area contributed by atoms with E-state index in [0.29, 0.717) is 16.2 Å². The summed E-state index contributed by atoms with van der Waals surface area (Å²) in [5.74, 6) is -0.276. The number of carbonyl (C=O) groups excluding carboxylic acids is 1. The van der Waals surface area contributed by atoms with Gasteiger partial charge in [0.1, 0.15) is 0 Å². The third-order valence-electron chi connectivity index (χ3n) is 2.59. The number of aromatic nitrogens is 1. The van der Waals surface area contributed by atoms with Crippen LogP contribution in [0.15, 0.2) is 36.5 Å². The summed E-state index contributed by atoms with van der Waals surface area (Å²) < 4.78 is 0. The van der Waals surface area contributed by atoms with E-state index in [9.17, 15) is 4.79 Å². The number of carbonyl (C=O) groups is 1. The molecule has 20 heavy (non-hydrogen) atoms. The van der Waals surface area contributed by atoms with E-state index in [2.05, 4.69) is 21.2 Å². The summed E-state index contributed by atoms with van der Waals surface area (Å²) in [4.78, 5) is 16.4. The highest BCUT2D eigenvalue weighted by atomic mass is 32.1. The Morgan fingerprint density at radius 1 is 1.20 bits per heavy atom. The van der Waals surface area contributed by atoms with Gasteiger partial charge in [-0.05, 0) is 38.2 Å². The summed E-state index contributed by atoms with van der Waals surface area (Å²) in [6, 6.07) is 9.42. The van der Waals surface area contributed by atoms with Gasteiger partial charge in [-0.3, -0.25) is 20.6 Å². The molecule has 0 radical (unpaired) electrons. The minimum atomic E-state index is -0.276. The highest BCUT2D eigenvalue weighted by Gasteiger charge is 2.10. The van der Waals surface area contributed by atoms with Gasteiger partial charge in [-0.2, -0.15) is 0 Å². The first-order valence-corrected chi connectivity index (χ1v) is 6.69. The molecule has 0 bridgehead atoms. The molecule has 0 aliphatic rings. The Hall–Kier alpha value is -2.21. The monoisotopic (exact) mass is 288 g/mol. The summed E-state index contributed by atoms with van der Waals surface area (Å²) in [6.07, 6.45) is 1.66. The zero-order valence-corrected chi connectivity index (χ0v) is 12.1. The summed E-state index contributed by atoms with van der Waals surface area (Å²) >= 11 is 5.04. The molecule has 1 aromatic heterocycles. The lowest BCUT2D eigenvalue weighted by atomic mass is 10.1. The van der Waals surface area contributed by atoms with Crippen LogP contribution in [0.2, 0.25) is 0 Å². The van der Waals surface area contributed by atoms with E-state index < -0.39 is 0 Å². The molecule has 2 rings (SSSR count). The third kappa shape index (κ3) is 3.42. The van der Waals surface area contributed by atoms with E-state index >= 15 is 0 Å². The number of benzene rings is 1. The maximum atomic E-state index is 12.1. The second-order valence-electron chi connectivity index (χ2n) is 4.59. The van der Waals surface area contributed by atoms with Gasteiger partial charge in [0.2, 0.25) is 0 Å². The summed E-state index contributed by atoms with van der Waals surface area (Å²) in [7, 11) is 0. The van der Waals surface area contributed by atoms with Crippen molar-refractivity contribution in [2.45, 2.75) is 19.9 Å². The second kappa shape index (κ2) is 6.29. The molecule has 1 amide bonds. The molecule has 0 unspecified atom stereocenters. The van der Waals surface area contributed by atoms with Crippen molar-refractivity contribution in [2.75, 3.05) is 0 Å². The zero-order chi connectivity index (χ0) is 14.5. The number of hydrogen-bond acceptors (Lipinski definition) is 3. The second-order valence-corrected chi connectivity index (χ2v) is 5.00. The van der Waals surface area contributed by atoms with E-state index in [1.54, 1.807) is 12.3 Å². The minimum absolute atomic E-state index is 0.200. The lowest BCUT2D eigenvalue weighted by Gasteiger charge is -2.14. The number of amides is 1. The molecule has 3 N–H and O–H groups in total. The van der Waals surface area contributed by atoms with Crippen LogP contribution in [-0.2, 0) is 0 Å². The maximum Gasteiger partial charge on any atom is 0.271 e. The van der Waals surface area contributed by atoms with Gasteiger partial charge < -0.3 is 5.32 Å². The van der Waals surface area contributed by atoms with Gasteiger partial charge in [-0.25, -0.2) is 0 Å². The van der Waals surface area contributed by atoms with Gasteiger partial charge in [0, 0.05) is 17.6 Å². The van der Waals surface area contributed by atoms with Crippen LogP contribution in [0.1, 0.15) is 24.2 Å². The standard InChI is InChI=1S/C14H16N4OS/c1-9(2)16-14(20)18-17-13(19)11-7-3-5-10-6-4-8-15-12(10)11/h3-9H,1-2H3,(H,17,19)(H2,16,18,20). The third-order valence-corrected chi connectivity index (χ3v) is 2.81. The molecule has 2 aromatic rings. The van der Waals surface area contributed by atoms with Crippen LogP contribution >= 0.6 is 12.2 Å². The van der Waals surface area contributed by atoms with Crippen molar-refractivity contribution in [1.29, 1.82) is 0 Å². The maximum absolute atomic E-state index is 12.1. The highest BCUT2D eigenvalue weighted by Crippen LogP contribution is 2.15. The quantitative estimate of drug-likeness (QED) is 0.580. The van der Waals surface area contributed by atoms with Gasteiger partial charge in [0.25, 0.3) is 5.91 Å². The highest BCUT2D eigenvalue weighted by molar-refractivity contribution is 7.80. The molecule has 0 saturated heterocycles. The predicted octanol–water partition coefficient (Wildman–Crippen LogP) is 1.75. The zero-order valence-electron chi connectivity index (χ0n) is 11.3. The van der Waals surface area contributed by atoms with Gasteiger partial charge >= 0.3 is 0 Å². The Kier molecular flexibility index (Phi) is 4.47. The first-order chi connectivity index (χ1) is 9.58. The molecular formula is C14H16N4OS. The number of para-hydroxylation sites is 1. The Morgan fingerprint density at radius 3 is 2.70 bits per heavy atom. The molecule has 1 heterocycles. The molecule has 5 nitrogen and oxygen atoms in total. The number of hydrogen-bond donors (Lipinski definition) is 3. The van der Waals surface area contributed by atoms with Crippen molar-refractivity contribution in [3.8, 4) is 0 Å². The van der Waals surface area contributed by atoms with E-state index in [0.717, 1.165) is 5.39 Å². The fraction of sp³-hybridized carbons (Fsp3) is 0.214. The number of nitrogens with one attached hydrogen (secondary N) is 3. The van der Waals surface area contributed by atoms with Crippen molar-refractivity contribution in [2.24, 2.45) is 0 Å². The Bertz CT molecular complexity index is 637. The molecule has 0 atom stereocenters. The molecule has 0 saturated carbocycles. The van der Waals surface area contributed by atoms with Crippen LogP contribution in [0.3, 0.4) is 0 Å². The first kappa shape index (κ1) is 14.2. The molecule has 1 aromatic carbocycles. The summed E-state index contributed by atoms with van der Waals surface area (Å²) in [6.45, 7) is 3.93. The topological polar surface area (TPSA) is 66.0 Å². The number of thiocarbonyl (C=S) groups is 1. The largest absolute Gasteiger partial charge is 0.359 e. The average Bonchev–Trinajstić information content (AvgIpc) is 2.43. The summed E-state index contributed by atoms with van der Waals surface area (Å²) in [5.41, 5.74) is 6.40. The molecule has 104 valence electrons. The average molecular weight is 288 g/mol. The number of pyridine rings is 1. The van der Waals surface area contributed by atoms with Crippen molar-refractivity contribution < 1.29 is 4.79 Å². The Morgan fingerprint density at radius 2 is 1.95 bits per heavy atom. The van der Waals surface area contributed by atoms with Crippen LogP contribution in [-0.4, -0.2) is 22.0 Å². The van der Waals surface area contributed by atoms with Crippen LogP contribution in [0.25, 0.3) is 10.9 Å². The number of nitrogens with zero attached hydrogens (tertiary/aromatic N) is 1. The number of hydrazine groups is 1. The summed E-state index contributed by atoms with van der Waals surface area (Å²) in [5, 5.41) is 4.27. The van der Waals surface area contributed by atoms with Gasteiger partial charge in [-0.15, -0.1) is 0 Å². The molecule has 0 aliphatic heterocycles. The van der Waals surface area contributed by atoms with Crippen LogP contribution < -0.4 is 16.2 Å². The van der Waals surface area contributed by atoms with E-state index in [1.807, 2.05) is 38.1 Å². The molecule has 0 aliphatic carbocycles. The first-order valence-electron chi connectivity index (χ1n) is 6.28. The van der Waals surface area contributed by atoms with Crippen molar-refractivity contribution >= 4 is 34.1 Å². The van der Waals surface area contributed by atoms with Crippen LogP contribution in [0, 0.1) is 0 Å². The fourth-order valence-corrected chi connectivity index (χ4v) is 2.05. The smallest absolute Gasteiger partial charge is 0.271 e. The van der Waals surface area contributed by atoms with E-state index in [1.165, 1.54) is 0 Å². The number of rotatable bonds is 2. The number of fused-ring (bicyclic) bond motifs is 1. The Labute approximate surface area is 122 Å². The Balaban J connectivity index is 2.10. The lowest BCUT2D eigenvalue weighted by molar-refractivity contribution is 0.0945. The van der Waals surface area contributed by atoms with Crippen molar-refractivity contribution in [3.63, 3.8) is 0 Å². The van der Waals surface area contributed by atoms with Crippen molar-refractivity contribution in [3.05, 3.63) is 42.1 Å². The lowest BCUT2D eigenvalue weighted by Crippen LogP contribution is -2.48. The fourth-order valence-electron chi connectivity index (χ4n) is 1.77. The predicted molar refractivity (Wildman–Crippen MR) is 83.2 cm³/mol. The normalized spacial score (nSPS) is 10.3. The molecular weight excluding hydrogens is 272 g/mol. The SMILES string of the molecule is CC(C)NC(=S)NNC(=O)c1cccc2cccnc12. The van der Waals surface area contributed by atoms with Crippen molar-refractivity contribution in [1.82, 2.24) is 21.2 Å². The van der Waals surface area contributed by atoms with Gasteiger partial charge in [0.15, 0.2) is 5.11 Å². The molecule has 0 spiro atoms. The van der Waals surface area contributed by atoms with Gasteiger partial charge in [-0.1, -0.05) is 18.2 Å². The van der Waals surface area contributed by atoms with Gasteiger partial charge in [0.05, 0.1) is 11.1 Å². The van der Waals surface area contributed by atoms with Crippen LogP contribution in [0.5, 0.6) is 0 Å². The molecule has 0 fully saturated rings. The molecule has 6 heteroatoms. The van der Waals surface area contributed by atoms with E-state index in [4.69, 9.17) is 12.2 Å². The van der Waals surface area contributed by atoms with E-state index in [-0.39, 0.29) is 11.9 Å².